The summed E-state index contributed by atoms with van der Waals surface area (Å²) >= 11 is 0. The number of hydrogen-bond donors (Lipinski definition) is 1. The van der Waals surface area contributed by atoms with E-state index in [2.05, 4.69) is 47.2 Å². The molecule has 1 N–H and O–H groups in total. The summed E-state index contributed by atoms with van der Waals surface area (Å²) < 4.78 is 7.30. The van der Waals surface area contributed by atoms with E-state index in [9.17, 15) is 0 Å². The first kappa shape index (κ1) is 14.6. The minimum atomic E-state index is 0.384. The average Bonchev–Trinajstić information content (AvgIpc) is 2.93. The van der Waals surface area contributed by atoms with Crippen molar-refractivity contribution in [2.75, 3.05) is 13.7 Å². The lowest BCUT2D eigenvalue weighted by Crippen LogP contribution is -2.18. The Morgan fingerprint density at radius 1 is 1.35 bits per heavy atom. The molecule has 0 aliphatic rings. The zero-order valence-electron chi connectivity index (χ0n) is 12.5. The van der Waals surface area contributed by atoms with Gasteiger partial charge in [0.15, 0.2) is 0 Å². The normalized spacial score (nSPS) is 12.3. The molecular weight excluding hydrogens is 250 g/mol. The molecule has 2 aromatic rings. The Labute approximate surface area is 120 Å². The third-order valence-electron chi connectivity index (χ3n) is 3.31. The number of pyridine rings is 1. The molecule has 0 spiro atoms. The lowest BCUT2D eigenvalue weighted by molar-refractivity contribution is 0.396. The van der Waals surface area contributed by atoms with Crippen LogP contribution < -0.4 is 10.1 Å². The monoisotopic (exact) mass is 273 g/mol. The molecule has 0 aromatic carbocycles. The van der Waals surface area contributed by atoms with Gasteiger partial charge in [0.1, 0.15) is 0 Å². The first-order valence-electron chi connectivity index (χ1n) is 7.12. The molecule has 2 heterocycles. The van der Waals surface area contributed by atoms with Crippen LogP contribution >= 0.6 is 0 Å². The molecule has 2 aromatic heterocycles. The molecule has 0 saturated heterocycles. The summed E-state index contributed by atoms with van der Waals surface area (Å²) in [7, 11) is 1.64. The predicted octanol–water partition coefficient (Wildman–Crippen LogP) is 3.00. The molecular formula is C16H23N3O. The van der Waals surface area contributed by atoms with Gasteiger partial charge in [-0.2, -0.15) is 0 Å². The molecule has 20 heavy (non-hydrogen) atoms. The molecule has 0 saturated carbocycles. The highest BCUT2D eigenvalue weighted by Crippen LogP contribution is 2.14. The minimum Gasteiger partial charge on any atom is -0.481 e. The van der Waals surface area contributed by atoms with Crippen molar-refractivity contribution in [3.8, 4) is 5.88 Å². The van der Waals surface area contributed by atoms with Crippen LogP contribution in [0.5, 0.6) is 5.88 Å². The Morgan fingerprint density at radius 3 is 2.95 bits per heavy atom. The van der Waals surface area contributed by atoms with E-state index in [-0.39, 0.29) is 0 Å². The summed E-state index contributed by atoms with van der Waals surface area (Å²) in [4.78, 5) is 4.43. The number of methoxy groups -OCH3 is 1. The second kappa shape index (κ2) is 7.10. The zero-order valence-corrected chi connectivity index (χ0v) is 12.5. The van der Waals surface area contributed by atoms with Crippen molar-refractivity contribution in [1.29, 1.82) is 0 Å². The lowest BCUT2D eigenvalue weighted by Gasteiger charge is -2.11. The Morgan fingerprint density at radius 2 is 2.20 bits per heavy atom. The largest absolute Gasteiger partial charge is 0.481 e. The highest BCUT2D eigenvalue weighted by atomic mass is 16.5. The molecule has 4 nitrogen and oxygen atoms in total. The fraction of sp³-hybridized carbons (Fsp3) is 0.438. The first-order chi connectivity index (χ1) is 9.72. The van der Waals surface area contributed by atoms with Crippen molar-refractivity contribution >= 4 is 0 Å². The number of rotatable bonds is 7. The highest BCUT2D eigenvalue weighted by Gasteiger charge is 2.06. The smallest absolute Gasteiger partial charge is 0.213 e. The maximum absolute atomic E-state index is 5.15. The van der Waals surface area contributed by atoms with Gasteiger partial charge in [-0.3, -0.25) is 0 Å². The summed E-state index contributed by atoms with van der Waals surface area (Å²) in [6.07, 6.45) is 5.42. The molecule has 1 atom stereocenters. The number of nitrogens with one attached hydrogen (secondary N) is 1. The summed E-state index contributed by atoms with van der Waals surface area (Å²) in [6.45, 7) is 6.18. The van der Waals surface area contributed by atoms with Gasteiger partial charge in [-0.1, -0.05) is 13.0 Å². The summed E-state index contributed by atoms with van der Waals surface area (Å²) in [6, 6.07) is 8.39. The predicted molar refractivity (Wildman–Crippen MR) is 81.0 cm³/mol. The summed E-state index contributed by atoms with van der Waals surface area (Å²) in [5.74, 6) is 0.660. The van der Waals surface area contributed by atoms with Crippen LogP contribution in [0, 0.1) is 0 Å². The van der Waals surface area contributed by atoms with E-state index in [1.54, 1.807) is 7.11 Å². The third-order valence-corrected chi connectivity index (χ3v) is 3.31. The van der Waals surface area contributed by atoms with Crippen LogP contribution in [0.3, 0.4) is 0 Å². The molecule has 0 aliphatic heterocycles. The van der Waals surface area contributed by atoms with Crippen molar-refractivity contribution in [3.05, 3.63) is 47.9 Å². The molecule has 0 radical (unpaired) electrons. The summed E-state index contributed by atoms with van der Waals surface area (Å²) in [5, 5.41) is 3.50. The van der Waals surface area contributed by atoms with Crippen molar-refractivity contribution in [1.82, 2.24) is 14.9 Å². The molecule has 108 valence electrons. The number of hydrogen-bond acceptors (Lipinski definition) is 3. The molecule has 0 amide bonds. The fourth-order valence-electron chi connectivity index (χ4n) is 2.14. The fourth-order valence-corrected chi connectivity index (χ4v) is 2.14. The maximum atomic E-state index is 5.15. The van der Waals surface area contributed by atoms with Gasteiger partial charge in [-0.15, -0.1) is 0 Å². The molecule has 2 rings (SSSR count). The van der Waals surface area contributed by atoms with E-state index in [1.165, 1.54) is 5.56 Å². The van der Waals surface area contributed by atoms with E-state index < -0.39 is 0 Å². The number of ether oxygens (including phenoxy) is 1. The Balaban J connectivity index is 2.01. The van der Waals surface area contributed by atoms with Crippen molar-refractivity contribution in [2.45, 2.75) is 32.9 Å². The third kappa shape index (κ3) is 3.84. The topological polar surface area (TPSA) is 39.1 Å². The molecule has 4 heteroatoms. The second-order valence-corrected chi connectivity index (χ2v) is 4.96. The van der Waals surface area contributed by atoms with Gasteiger partial charge < -0.3 is 14.6 Å². The van der Waals surface area contributed by atoms with Crippen LogP contribution in [0.15, 0.2) is 36.7 Å². The van der Waals surface area contributed by atoms with Gasteiger partial charge in [0.05, 0.1) is 19.3 Å². The van der Waals surface area contributed by atoms with Crippen LogP contribution in [0.2, 0.25) is 0 Å². The van der Waals surface area contributed by atoms with E-state index in [0.717, 1.165) is 25.2 Å². The Kier molecular flexibility index (Phi) is 5.18. The van der Waals surface area contributed by atoms with Crippen LogP contribution in [-0.2, 0) is 6.54 Å². The first-order valence-corrected chi connectivity index (χ1v) is 7.12. The van der Waals surface area contributed by atoms with Gasteiger partial charge in [0.2, 0.25) is 5.88 Å². The maximum Gasteiger partial charge on any atom is 0.213 e. The standard InChI is InChI=1S/C16H23N3O/c1-4-9-17-13(2)14-8-10-19(11-14)12-15-6-5-7-16(18-15)20-3/h5-8,10-11,13,17H,4,9,12H2,1-3H3. The molecule has 0 fully saturated rings. The Bertz CT molecular complexity index is 536. The second-order valence-electron chi connectivity index (χ2n) is 4.96. The van der Waals surface area contributed by atoms with Crippen molar-refractivity contribution in [2.24, 2.45) is 0 Å². The Hall–Kier alpha value is -1.81. The van der Waals surface area contributed by atoms with E-state index in [0.29, 0.717) is 11.9 Å². The highest BCUT2D eigenvalue weighted by molar-refractivity contribution is 5.18. The van der Waals surface area contributed by atoms with E-state index in [4.69, 9.17) is 4.74 Å². The van der Waals surface area contributed by atoms with Gasteiger partial charge in [0, 0.05) is 24.5 Å². The zero-order chi connectivity index (χ0) is 14.4. The SMILES string of the molecule is CCCNC(C)c1ccn(Cc2cccc(OC)n2)c1. The molecule has 0 aliphatic carbocycles. The van der Waals surface area contributed by atoms with Gasteiger partial charge in [0.25, 0.3) is 0 Å². The van der Waals surface area contributed by atoms with Crippen LogP contribution in [-0.4, -0.2) is 23.2 Å². The number of aromatic nitrogens is 2. The van der Waals surface area contributed by atoms with Crippen LogP contribution in [0.25, 0.3) is 0 Å². The van der Waals surface area contributed by atoms with Gasteiger partial charge >= 0.3 is 0 Å². The van der Waals surface area contributed by atoms with Crippen molar-refractivity contribution in [3.63, 3.8) is 0 Å². The summed E-state index contributed by atoms with van der Waals surface area (Å²) in [5.41, 5.74) is 2.31. The van der Waals surface area contributed by atoms with Crippen molar-refractivity contribution < 1.29 is 4.74 Å². The quantitative estimate of drug-likeness (QED) is 0.843. The molecule has 0 bridgehead atoms. The van der Waals surface area contributed by atoms with Gasteiger partial charge in [-0.05, 0) is 37.6 Å². The number of nitrogens with zero attached hydrogens (tertiary/aromatic N) is 2. The van der Waals surface area contributed by atoms with Crippen LogP contribution in [0.1, 0.15) is 37.6 Å². The lowest BCUT2D eigenvalue weighted by atomic mass is 10.2. The average molecular weight is 273 g/mol. The van der Waals surface area contributed by atoms with Crippen LogP contribution in [0.4, 0.5) is 0 Å². The molecule has 1 unspecified atom stereocenters. The van der Waals surface area contributed by atoms with Gasteiger partial charge in [-0.25, -0.2) is 4.98 Å². The minimum absolute atomic E-state index is 0.384. The van der Waals surface area contributed by atoms with E-state index in [1.807, 2.05) is 18.2 Å². The van der Waals surface area contributed by atoms with E-state index >= 15 is 0 Å².